The first-order valence-electron chi connectivity index (χ1n) is 5.11. The molecule has 0 fully saturated rings. The molecule has 0 aliphatic rings. The monoisotopic (exact) mass is 247 g/mol. The summed E-state index contributed by atoms with van der Waals surface area (Å²) in [6, 6.07) is 8.53. The Morgan fingerprint density at radius 1 is 0.944 bits per heavy atom. The van der Waals surface area contributed by atoms with E-state index in [0.29, 0.717) is 16.7 Å². The van der Waals surface area contributed by atoms with E-state index < -0.39 is 11.6 Å². The average Bonchev–Trinajstić information content (AvgIpc) is 2.36. The molecule has 0 saturated heterocycles. The highest BCUT2D eigenvalue weighted by Crippen LogP contribution is 2.28. The van der Waals surface area contributed by atoms with Gasteiger partial charge in [-0.15, -0.1) is 0 Å². The number of oxime groups is 1. The van der Waals surface area contributed by atoms with Crippen molar-refractivity contribution >= 4 is 6.21 Å². The number of hydrogen-bond donors (Lipinski definition) is 3. The van der Waals surface area contributed by atoms with Crippen LogP contribution in [0.25, 0.3) is 11.1 Å². The molecule has 18 heavy (non-hydrogen) atoms. The molecule has 0 unspecified atom stereocenters. The van der Waals surface area contributed by atoms with Gasteiger partial charge in [0.1, 0.15) is 5.75 Å². The Morgan fingerprint density at radius 2 is 1.56 bits per heavy atom. The molecule has 4 nitrogen and oxygen atoms in total. The predicted octanol–water partition coefficient (Wildman–Crippen LogP) is 2.71. The van der Waals surface area contributed by atoms with Crippen molar-refractivity contribution in [1.82, 2.24) is 0 Å². The van der Waals surface area contributed by atoms with E-state index in [9.17, 15) is 9.50 Å². The van der Waals surface area contributed by atoms with E-state index in [1.807, 2.05) is 0 Å². The van der Waals surface area contributed by atoms with Crippen LogP contribution >= 0.6 is 0 Å². The lowest BCUT2D eigenvalue weighted by Gasteiger charge is -2.05. The van der Waals surface area contributed by atoms with Gasteiger partial charge in [0.15, 0.2) is 11.6 Å². The van der Waals surface area contributed by atoms with Crippen molar-refractivity contribution in [2.75, 3.05) is 0 Å². The molecule has 0 amide bonds. The van der Waals surface area contributed by atoms with Gasteiger partial charge in [0.2, 0.25) is 0 Å². The first-order chi connectivity index (χ1) is 8.61. The third-order valence-corrected chi connectivity index (χ3v) is 2.51. The quantitative estimate of drug-likeness (QED) is 0.434. The van der Waals surface area contributed by atoms with Crippen molar-refractivity contribution in [3.05, 3.63) is 47.8 Å². The molecule has 0 bridgehead atoms. The summed E-state index contributed by atoms with van der Waals surface area (Å²) in [6.07, 6.45) is 1.08. The molecule has 0 saturated carbocycles. The van der Waals surface area contributed by atoms with E-state index in [1.165, 1.54) is 18.2 Å². The summed E-state index contributed by atoms with van der Waals surface area (Å²) in [4.78, 5) is 0. The van der Waals surface area contributed by atoms with Gasteiger partial charge in [-0.2, -0.15) is 0 Å². The second kappa shape index (κ2) is 4.75. The van der Waals surface area contributed by atoms with Crippen molar-refractivity contribution in [1.29, 1.82) is 0 Å². The number of aromatic hydroxyl groups is 2. The van der Waals surface area contributed by atoms with E-state index in [0.717, 1.165) is 6.21 Å². The molecule has 0 aliphatic heterocycles. The molecule has 2 rings (SSSR count). The molecule has 5 heteroatoms. The van der Waals surface area contributed by atoms with Gasteiger partial charge in [-0.25, -0.2) is 4.39 Å². The van der Waals surface area contributed by atoms with Crippen LogP contribution in [0.15, 0.2) is 41.6 Å². The highest BCUT2D eigenvalue weighted by molar-refractivity contribution is 5.85. The van der Waals surface area contributed by atoms with Gasteiger partial charge in [0, 0.05) is 5.56 Å². The Labute approximate surface area is 102 Å². The maximum Gasteiger partial charge on any atom is 0.165 e. The summed E-state index contributed by atoms with van der Waals surface area (Å²) < 4.78 is 13.2. The number of halogens is 1. The van der Waals surface area contributed by atoms with Crippen LogP contribution in [0.4, 0.5) is 4.39 Å². The van der Waals surface area contributed by atoms with Gasteiger partial charge < -0.3 is 15.4 Å². The maximum atomic E-state index is 13.2. The van der Waals surface area contributed by atoms with E-state index in [-0.39, 0.29) is 5.75 Å². The van der Waals surface area contributed by atoms with Crippen molar-refractivity contribution in [2.24, 2.45) is 5.16 Å². The molecule has 3 N–H and O–H groups in total. The third-order valence-electron chi connectivity index (χ3n) is 2.51. The van der Waals surface area contributed by atoms with Crippen LogP contribution in [0, 0.1) is 5.82 Å². The van der Waals surface area contributed by atoms with Crippen LogP contribution in [0.3, 0.4) is 0 Å². The minimum atomic E-state index is -0.724. The smallest absolute Gasteiger partial charge is 0.165 e. The first-order valence-corrected chi connectivity index (χ1v) is 5.11. The van der Waals surface area contributed by atoms with Crippen molar-refractivity contribution in [2.45, 2.75) is 0 Å². The molecule has 0 atom stereocenters. The fourth-order valence-corrected chi connectivity index (χ4v) is 1.59. The Balaban J connectivity index is 2.50. The summed E-state index contributed by atoms with van der Waals surface area (Å²) in [5.41, 5.74) is 1.47. The Hall–Kier alpha value is -2.56. The van der Waals surface area contributed by atoms with Crippen molar-refractivity contribution in [3.8, 4) is 22.6 Å². The Morgan fingerprint density at radius 3 is 2.17 bits per heavy atom. The highest BCUT2D eigenvalue weighted by Gasteiger charge is 2.06. The first kappa shape index (κ1) is 11.9. The van der Waals surface area contributed by atoms with Crippen LogP contribution < -0.4 is 0 Å². The molecule has 0 aromatic heterocycles. The minimum Gasteiger partial charge on any atom is -0.507 e. The second-order valence-electron chi connectivity index (χ2n) is 3.68. The van der Waals surface area contributed by atoms with E-state index >= 15 is 0 Å². The molecule has 0 heterocycles. The molecule has 2 aromatic carbocycles. The maximum absolute atomic E-state index is 13.2. The molecular formula is C13H10FNO3. The van der Waals surface area contributed by atoms with Crippen LogP contribution in [-0.2, 0) is 0 Å². The molecule has 2 aromatic rings. The van der Waals surface area contributed by atoms with Gasteiger partial charge in [0.05, 0.1) is 6.21 Å². The molecule has 0 radical (unpaired) electrons. The zero-order chi connectivity index (χ0) is 13.1. The van der Waals surface area contributed by atoms with Crippen LogP contribution in [-0.4, -0.2) is 21.6 Å². The average molecular weight is 247 g/mol. The normalized spacial score (nSPS) is 10.9. The summed E-state index contributed by atoms with van der Waals surface area (Å²) >= 11 is 0. The van der Waals surface area contributed by atoms with Crippen molar-refractivity contribution < 1.29 is 19.8 Å². The van der Waals surface area contributed by atoms with Gasteiger partial charge in [0.25, 0.3) is 0 Å². The molecule has 0 spiro atoms. The lowest BCUT2D eigenvalue weighted by atomic mass is 10.0. The number of hydrogen-bond acceptors (Lipinski definition) is 4. The highest BCUT2D eigenvalue weighted by atomic mass is 19.1. The zero-order valence-electron chi connectivity index (χ0n) is 9.21. The van der Waals surface area contributed by atoms with Gasteiger partial charge in [-0.05, 0) is 35.4 Å². The van der Waals surface area contributed by atoms with Crippen molar-refractivity contribution in [3.63, 3.8) is 0 Å². The minimum absolute atomic E-state index is 0.0456. The number of nitrogens with zero attached hydrogens (tertiary/aromatic N) is 1. The summed E-state index contributed by atoms with van der Waals surface area (Å²) in [6.45, 7) is 0. The van der Waals surface area contributed by atoms with Gasteiger partial charge in [-0.3, -0.25) is 0 Å². The largest absolute Gasteiger partial charge is 0.507 e. The fraction of sp³-hybridized carbons (Fsp3) is 0. The summed E-state index contributed by atoms with van der Waals surface area (Å²) in [5.74, 6) is -1.19. The lowest BCUT2D eigenvalue weighted by Crippen LogP contribution is -1.86. The lowest BCUT2D eigenvalue weighted by molar-refractivity contribution is 0.321. The topological polar surface area (TPSA) is 73.1 Å². The van der Waals surface area contributed by atoms with Crippen LogP contribution in [0.1, 0.15) is 5.56 Å². The molecular weight excluding hydrogens is 237 g/mol. The number of benzene rings is 2. The molecule has 0 aliphatic carbocycles. The third kappa shape index (κ3) is 2.24. The second-order valence-corrected chi connectivity index (χ2v) is 3.68. The van der Waals surface area contributed by atoms with E-state index in [1.54, 1.807) is 18.2 Å². The Kier molecular flexibility index (Phi) is 3.14. The summed E-state index contributed by atoms with van der Waals surface area (Å²) in [5, 5.41) is 29.9. The number of rotatable bonds is 2. The zero-order valence-corrected chi connectivity index (χ0v) is 9.21. The molecule has 92 valence electrons. The van der Waals surface area contributed by atoms with Crippen LogP contribution in [0.5, 0.6) is 11.5 Å². The van der Waals surface area contributed by atoms with Gasteiger partial charge >= 0.3 is 0 Å². The number of phenols is 2. The van der Waals surface area contributed by atoms with Gasteiger partial charge in [-0.1, -0.05) is 17.3 Å². The summed E-state index contributed by atoms with van der Waals surface area (Å²) in [7, 11) is 0. The SMILES string of the molecule is O/N=C/c1cc(-c2ccc(O)c(F)c2)ccc1O. The Bertz CT molecular complexity index is 611. The van der Waals surface area contributed by atoms with E-state index in [4.69, 9.17) is 10.3 Å². The standard InChI is InChI=1S/C13H10FNO3/c14-11-6-9(2-4-13(11)17)8-1-3-12(16)10(5-8)7-15-18/h1-7,16-18H/b15-7+. The van der Waals surface area contributed by atoms with Crippen LogP contribution in [0.2, 0.25) is 0 Å². The predicted molar refractivity (Wildman–Crippen MR) is 64.5 cm³/mol. The van der Waals surface area contributed by atoms with E-state index in [2.05, 4.69) is 5.16 Å². The fourth-order valence-electron chi connectivity index (χ4n) is 1.59. The number of phenolic OH excluding ortho intramolecular Hbond substituents is 2.